The first-order chi connectivity index (χ1) is 19.9. The third kappa shape index (κ3) is 8.40. The van der Waals surface area contributed by atoms with Crippen LogP contribution in [0.4, 0.5) is 4.39 Å². The number of carbonyl (C=O) groups is 2. The smallest absolute Gasteiger partial charge is 0.251 e. The number of methoxy groups -OCH3 is 1. The van der Waals surface area contributed by atoms with Crippen molar-refractivity contribution in [3.8, 4) is 5.75 Å². The van der Waals surface area contributed by atoms with Crippen LogP contribution >= 0.6 is 0 Å². The van der Waals surface area contributed by atoms with Gasteiger partial charge >= 0.3 is 0 Å². The first kappa shape index (κ1) is 30.3. The molecule has 0 spiro atoms. The van der Waals surface area contributed by atoms with Crippen molar-refractivity contribution in [3.63, 3.8) is 0 Å². The molecule has 0 atom stereocenters. The summed E-state index contributed by atoms with van der Waals surface area (Å²) in [5.74, 6) is 0.621. The number of nitrogens with zero attached hydrogens (tertiary/aromatic N) is 2. The molecular weight excluding hydrogens is 517 g/mol. The van der Waals surface area contributed by atoms with Crippen LogP contribution in [-0.4, -0.2) is 47.9 Å². The summed E-state index contributed by atoms with van der Waals surface area (Å²) in [7, 11) is 1.62. The second-order valence-electron chi connectivity index (χ2n) is 10.8. The van der Waals surface area contributed by atoms with Crippen molar-refractivity contribution in [3.05, 3.63) is 101 Å². The van der Waals surface area contributed by atoms with Crippen LogP contribution < -0.4 is 10.1 Å². The van der Waals surface area contributed by atoms with Crippen LogP contribution in [0.25, 0.3) is 0 Å². The van der Waals surface area contributed by atoms with Crippen molar-refractivity contribution < 1.29 is 18.7 Å². The fourth-order valence-corrected chi connectivity index (χ4v) is 5.52. The van der Waals surface area contributed by atoms with E-state index in [-0.39, 0.29) is 29.6 Å². The Morgan fingerprint density at radius 3 is 2.24 bits per heavy atom. The van der Waals surface area contributed by atoms with Gasteiger partial charge in [-0.2, -0.15) is 0 Å². The molecule has 3 aromatic carbocycles. The molecule has 0 unspecified atom stereocenters. The summed E-state index contributed by atoms with van der Waals surface area (Å²) >= 11 is 0. The van der Waals surface area contributed by atoms with Crippen LogP contribution in [-0.2, 0) is 24.4 Å². The Hall–Kier alpha value is -3.71. The summed E-state index contributed by atoms with van der Waals surface area (Å²) in [6, 6.07) is 22.1. The molecule has 0 radical (unpaired) electrons. The number of carbonyl (C=O) groups excluding carboxylic acids is 2. The first-order valence-corrected chi connectivity index (χ1v) is 14.7. The van der Waals surface area contributed by atoms with E-state index >= 15 is 0 Å². The number of nitrogens with one attached hydrogen (secondary N) is 1. The molecule has 1 heterocycles. The second-order valence-corrected chi connectivity index (χ2v) is 10.8. The Labute approximate surface area is 243 Å². The minimum atomic E-state index is -0.218. The van der Waals surface area contributed by atoms with E-state index in [0.717, 1.165) is 67.8 Å². The normalized spacial score (nSPS) is 14.2. The Morgan fingerprint density at radius 1 is 0.951 bits per heavy atom. The van der Waals surface area contributed by atoms with E-state index in [0.29, 0.717) is 18.7 Å². The zero-order chi connectivity index (χ0) is 29.2. The van der Waals surface area contributed by atoms with E-state index in [4.69, 9.17) is 4.74 Å². The van der Waals surface area contributed by atoms with Crippen molar-refractivity contribution >= 4 is 11.8 Å². The zero-order valence-corrected chi connectivity index (χ0v) is 24.4. The molecule has 1 aliphatic heterocycles. The largest absolute Gasteiger partial charge is 0.497 e. The van der Waals surface area contributed by atoms with Gasteiger partial charge in [0.05, 0.1) is 7.11 Å². The van der Waals surface area contributed by atoms with Gasteiger partial charge in [0.1, 0.15) is 11.6 Å². The van der Waals surface area contributed by atoms with E-state index < -0.39 is 0 Å². The number of likely N-dealkylation sites (tertiary alicyclic amines) is 1. The Bertz CT molecular complexity index is 1270. The topological polar surface area (TPSA) is 61.9 Å². The molecule has 1 N–H and O–H groups in total. The molecule has 1 aliphatic rings. The lowest BCUT2D eigenvalue weighted by Gasteiger charge is -2.40. The number of hydrogen-bond acceptors (Lipinski definition) is 4. The number of benzene rings is 3. The number of rotatable bonds is 12. The quantitative estimate of drug-likeness (QED) is 0.287. The molecule has 1 fully saturated rings. The Morgan fingerprint density at radius 2 is 1.61 bits per heavy atom. The molecule has 218 valence electrons. The van der Waals surface area contributed by atoms with Crippen LogP contribution in [0.5, 0.6) is 5.75 Å². The highest BCUT2D eigenvalue weighted by Crippen LogP contribution is 2.25. The lowest BCUT2D eigenvalue weighted by atomic mass is 9.96. The van der Waals surface area contributed by atoms with Gasteiger partial charge in [0.15, 0.2) is 0 Å². The predicted molar refractivity (Wildman–Crippen MR) is 160 cm³/mol. The van der Waals surface area contributed by atoms with Crippen LogP contribution in [0.2, 0.25) is 0 Å². The van der Waals surface area contributed by atoms with Gasteiger partial charge in [-0.15, -0.1) is 0 Å². The van der Waals surface area contributed by atoms with E-state index in [2.05, 4.69) is 29.0 Å². The van der Waals surface area contributed by atoms with Gasteiger partial charge in [-0.1, -0.05) is 50.2 Å². The number of halogens is 1. The van der Waals surface area contributed by atoms with Gasteiger partial charge in [-0.05, 0) is 78.8 Å². The number of hydrogen-bond donors (Lipinski definition) is 1. The van der Waals surface area contributed by atoms with E-state index in [1.807, 2.05) is 60.7 Å². The maximum Gasteiger partial charge on any atom is 0.251 e. The van der Waals surface area contributed by atoms with Crippen molar-refractivity contribution in [1.82, 2.24) is 15.1 Å². The second kappa shape index (κ2) is 14.8. The summed E-state index contributed by atoms with van der Waals surface area (Å²) in [6.07, 6.45) is 3.44. The standard InChI is InChI=1S/C34H42FN3O3/c1-4-28(5-2)34(40)38(31-17-19-37(20-18-31)23-25-11-15-30(35)16-12-25)24-26-9-13-29(14-10-26)33(39)36-22-27-7-6-8-32(21-27)41-3/h6-16,21,28,31H,4-5,17-20,22-24H2,1-3H3,(H,36,39). The zero-order valence-electron chi connectivity index (χ0n) is 24.4. The van der Waals surface area contributed by atoms with Crippen LogP contribution in [0.3, 0.4) is 0 Å². The van der Waals surface area contributed by atoms with Crippen molar-refractivity contribution in [2.24, 2.45) is 5.92 Å². The molecule has 0 bridgehead atoms. The minimum Gasteiger partial charge on any atom is -0.497 e. The maximum atomic E-state index is 13.7. The highest BCUT2D eigenvalue weighted by atomic mass is 19.1. The van der Waals surface area contributed by atoms with Gasteiger partial charge in [-0.3, -0.25) is 14.5 Å². The van der Waals surface area contributed by atoms with Gasteiger partial charge < -0.3 is 15.0 Å². The summed E-state index contributed by atoms with van der Waals surface area (Å²) < 4.78 is 18.6. The SMILES string of the molecule is CCC(CC)C(=O)N(Cc1ccc(C(=O)NCc2cccc(OC)c2)cc1)C1CCN(Cc2ccc(F)cc2)CC1. The highest BCUT2D eigenvalue weighted by molar-refractivity contribution is 5.94. The first-order valence-electron chi connectivity index (χ1n) is 14.7. The molecule has 6 nitrogen and oxygen atoms in total. The fraction of sp³-hybridized carbons (Fsp3) is 0.412. The molecule has 2 amide bonds. The fourth-order valence-electron chi connectivity index (χ4n) is 5.52. The molecule has 0 aromatic heterocycles. The monoisotopic (exact) mass is 559 g/mol. The van der Waals surface area contributed by atoms with Crippen LogP contribution in [0.15, 0.2) is 72.8 Å². The molecule has 4 rings (SSSR count). The average molecular weight is 560 g/mol. The lowest BCUT2D eigenvalue weighted by molar-refractivity contribution is -0.140. The van der Waals surface area contributed by atoms with Gasteiger partial charge in [0, 0.05) is 50.2 Å². The number of amides is 2. The Balaban J connectivity index is 1.38. The predicted octanol–water partition coefficient (Wildman–Crippen LogP) is 6.19. The molecular formula is C34H42FN3O3. The van der Waals surface area contributed by atoms with E-state index in [1.54, 1.807) is 7.11 Å². The molecule has 3 aromatic rings. The minimum absolute atomic E-state index is 0.00825. The highest BCUT2D eigenvalue weighted by Gasteiger charge is 2.31. The summed E-state index contributed by atoms with van der Waals surface area (Å²) in [5, 5.41) is 2.97. The Kier molecular flexibility index (Phi) is 10.9. The van der Waals surface area contributed by atoms with Crippen LogP contribution in [0.1, 0.15) is 66.6 Å². The third-order valence-electron chi connectivity index (χ3n) is 8.09. The number of piperidine rings is 1. The van der Waals surface area contributed by atoms with Gasteiger partial charge in [0.2, 0.25) is 5.91 Å². The molecule has 0 saturated carbocycles. The maximum absolute atomic E-state index is 13.7. The molecule has 7 heteroatoms. The van der Waals surface area contributed by atoms with Crippen LogP contribution in [0, 0.1) is 11.7 Å². The number of ether oxygens (including phenoxy) is 1. The lowest BCUT2D eigenvalue weighted by Crippen LogP contribution is -2.48. The molecule has 0 aliphatic carbocycles. The van der Waals surface area contributed by atoms with Crippen molar-refractivity contribution in [2.75, 3.05) is 20.2 Å². The summed E-state index contributed by atoms with van der Waals surface area (Å²) in [5.41, 5.74) is 3.67. The van der Waals surface area contributed by atoms with Gasteiger partial charge in [-0.25, -0.2) is 4.39 Å². The summed E-state index contributed by atoms with van der Waals surface area (Å²) in [6.45, 7) is 7.67. The van der Waals surface area contributed by atoms with E-state index in [9.17, 15) is 14.0 Å². The third-order valence-corrected chi connectivity index (χ3v) is 8.09. The van der Waals surface area contributed by atoms with Crippen molar-refractivity contribution in [1.29, 1.82) is 0 Å². The summed E-state index contributed by atoms with van der Waals surface area (Å²) in [4.78, 5) is 30.9. The van der Waals surface area contributed by atoms with Crippen molar-refractivity contribution in [2.45, 2.75) is 65.2 Å². The molecule has 1 saturated heterocycles. The van der Waals surface area contributed by atoms with Gasteiger partial charge in [0.25, 0.3) is 5.91 Å². The molecule has 41 heavy (non-hydrogen) atoms. The van der Waals surface area contributed by atoms with E-state index in [1.165, 1.54) is 12.1 Å². The average Bonchev–Trinajstić information content (AvgIpc) is 3.01.